The van der Waals surface area contributed by atoms with Crippen molar-refractivity contribution in [1.82, 2.24) is 9.88 Å². The van der Waals surface area contributed by atoms with Gasteiger partial charge in [0.05, 0.1) is 23.6 Å². The summed E-state index contributed by atoms with van der Waals surface area (Å²) in [6.07, 6.45) is 0.325. The summed E-state index contributed by atoms with van der Waals surface area (Å²) in [5.41, 5.74) is 1.39. The van der Waals surface area contributed by atoms with E-state index in [1.54, 1.807) is 18.0 Å². The van der Waals surface area contributed by atoms with Gasteiger partial charge in [0, 0.05) is 25.5 Å². The van der Waals surface area contributed by atoms with Crippen LogP contribution in [0, 0.1) is 11.3 Å². The van der Waals surface area contributed by atoms with Crippen molar-refractivity contribution < 1.29 is 4.79 Å². The van der Waals surface area contributed by atoms with Crippen molar-refractivity contribution in [3.8, 4) is 6.07 Å². The maximum absolute atomic E-state index is 12.6. The third-order valence-corrected chi connectivity index (χ3v) is 3.21. The number of para-hydroxylation sites is 1. The molecular formula is C16H18N4O. The highest BCUT2D eigenvalue weighted by molar-refractivity contribution is 6.06. The van der Waals surface area contributed by atoms with Crippen LogP contribution >= 0.6 is 0 Å². The van der Waals surface area contributed by atoms with E-state index in [0.29, 0.717) is 24.3 Å². The Morgan fingerprint density at radius 1 is 1.43 bits per heavy atom. The number of carbonyl (C=O) groups excluding carboxylic acids is 1. The summed E-state index contributed by atoms with van der Waals surface area (Å²) in [6, 6.07) is 11.4. The molecule has 2 aromatic rings. The van der Waals surface area contributed by atoms with Crippen molar-refractivity contribution in [1.29, 1.82) is 5.26 Å². The fraction of sp³-hybridized carbons (Fsp3) is 0.312. The molecule has 0 atom stereocenters. The first-order chi connectivity index (χ1) is 10.2. The number of benzene rings is 1. The van der Waals surface area contributed by atoms with E-state index in [0.717, 1.165) is 17.4 Å². The zero-order valence-electron chi connectivity index (χ0n) is 12.3. The van der Waals surface area contributed by atoms with Gasteiger partial charge in [-0.3, -0.25) is 4.79 Å². The van der Waals surface area contributed by atoms with E-state index in [1.165, 1.54) is 0 Å². The minimum atomic E-state index is -0.0944. The van der Waals surface area contributed by atoms with Crippen LogP contribution in [-0.4, -0.2) is 35.9 Å². The normalized spacial score (nSPS) is 10.1. The summed E-state index contributed by atoms with van der Waals surface area (Å²) in [5, 5.41) is 12.6. The molecule has 1 N–H and O–H groups in total. The van der Waals surface area contributed by atoms with Crippen molar-refractivity contribution in [3.05, 3.63) is 35.9 Å². The molecular weight excluding hydrogens is 264 g/mol. The average molecular weight is 282 g/mol. The first kappa shape index (κ1) is 14.8. The second-order valence-corrected chi connectivity index (χ2v) is 4.74. The lowest BCUT2D eigenvalue weighted by Crippen LogP contribution is -2.28. The quantitative estimate of drug-likeness (QED) is 0.915. The van der Waals surface area contributed by atoms with Gasteiger partial charge < -0.3 is 10.2 Å². The van der Waals surface area contributed by atoms with Crippen molar-refractivity contribution in [2.45, 2.75) is 13.3 Å². The number of anilines is 1. The van der Waals surface area contributed by atoms with Crippen molar-refractivity contribution >= 4 is 22.6 Å². The molecule has 0 spiro atoms. The summed E-state index contributed by atoms with van der Waals surface area (Å²) in [4.78, 5) is 18.6. The maximum Gasteiger partial charge on any atom is 0.254 e. The van der Waals surface area contributed by atoms with Gasteiger partial charge in [0.15, 0.2) is 0 Å². The van der Waals surface area contributed by atoms with Gasteiger partial charge >= 0.3 is 0 Å². The van der Waals surface area contributed by atoms with Gasteiger partial charge in [-0.1, -0.05) is 18.2 Å². The molecule has 0 aliphatic heterocycles. The van der Waals surface area contributed by atoms with Gasteiger partial charge in [-0.2, -0.15) is 5.26 Å². The Bertz CT molecular complexity index is 690. The molecule has 1 aromatic heterocycles. The van der Waals surface area contributed by atoms with Gasteiger partial charge in [-0.05, 0) is 19.1 Å². The number of pyridine rings is 1. The van der Waals surface area contributed by atoms with E-state index in [2.05, 4.69) is 16.4 Å². The van der Waals surface area contributed by atoms with Crippen LogP contribution in [0.4, 0.5) is 5.82 Å². The zero-order valence-corrected chi connectivity index (χ0v) is 12.3. The van der Waals surface area contributed by atoms with Crippen LogP contribution < -0.4 is 5.32 Å². The Balaban J connectivity index is 2.45. The van der Waals surface area contributed by atoms with Crippen LogP contribution in [0.1, 0.15) is 23.7 Å². The van der Waals surface area contributed by atoms with Gasteiger partial charge in [-0.15, -0.1) is 0 Å². The molecule has 5 nitrogen and oxygen atoms in total. The molecule has 1 aromatic carbocycles. The number of fused-ring (bicyclic) bond motifs is 1. The summed E-state index contributed by atoms with van der Waals surface area (Å²) >= 11 is 0. The molecule has 1 heterocycles. The SMILES string of the molecule is CCNc1cc(C(=O)N(C)CCC#N)c2ccccc2n1. The maximum atomic E-state index is 12.6. The Morgan fingerprint density at radius 2 is 2.19 bits per heavy atom. The Kier molecular flexibility index (Phi) is 4.72. The van der Waals surface area contributed by atoms with Crippen molar-refractivity contribution in [2.24, 2.45) is 0 Å². The van der Waals surface area contributed by atoms with Gasteiger partial charge in [0.2, 0.25) is 0 Å². The number of hydrogen-bond donors (Lipinski definition) is 1. The second kappa shape index (κ2) is 6.71. The highest BCUT2D eigenvalue weighted by Crippen LogP contribution is 2.22. The largest absolute Gasteiger partial charge is 0.370 e. The lowest BCUT2D eigenvalue weighted by molar-refractivity contribution is 0.0800. The molecule has 0 saturated carbocycles. The van der Waals surface area contributed by atoms with Crippen molar-refractivity contribution in [2.75, 3.05) is 25.5 Å². The minimum absolute atomic E-state index is 0.0944. The minimum Gasteiger partial charge on any atom is -0.370 e. The Morgan fingerprint density at radius 3 is 2.90 bits per heavy atom. The van der Waals surface area contributed by atoms with E-state index in [9.17, 15) is 4.79 Å². The standard InChI is InChI=1S/C16H18N4O/c1-3-18-15-11-13(16(21)20(2)10-6-9-17)12-7-4-5-8-14(12)19-15/h4-5,7-8,11H,3,6,10H2,1-2H3,(H,18,19). The molecule has 2 rings (SSSR count). The number of nitrogens with one attached hydrogen (secondary N) is 1. The number of nitrogens with zero attached hydrogens (tertiary/aromatic N) is 3. The molecule has 108 valence electrons. The summed E-state index contributed by atoms with van der Waals surface area (Å²) < 4.78 is 0. The average Bonchev–Trinajstić information content (AvgIpc) is 2.51. The highest BCUT2D eigenvalue weighted by Gasteiger charge is 2.16. The Labute approximate surface area is 124 Å². The van der Waals surface area contributed by atoms with Crippen molar-refractivity contribution in [3.63, 3.8) is 0 Å². The first-order valence-electron chi connectivity index (χ1n) is 6.93. The van der Waals surface area contributed by atoms with Crippen LogP contribution in [0.15, 0.2) is 30.3 Å². The van der Waals surface area contributed by atoms with E-state index in [1.807, 2.05) is 31.2 Å². The van der Waals surface area contributed by atoms with Gasteiger partial charge in [0.1, 0.15) is 5.82 Å². The molecule has 1 amide bonds. The number of amides is 1. The third kappa shape index (κ3) is 3.29. The Hall–Kier alpha value is -2.61. The van der Waals surface area contributed by atoms with Crippen LogP contribution in [-0.2, 0) is 0 Å². The van der Waals surface area contributed by atoms with Crippen LogP contribution in [0.5, 0.6) is 0 Å². The fourth-order valence-corrected chi connectivity index (χ4v) is 2.15. The van der Waals surface area contributed by atoms with E-state index in [4.69, 9.17) is 5.26 Å². The third-order valence-electron chi connectivity index (χ3n) is 3.21. The van der Waals surface area contributed by atoms with E-state index in [-0.39, 0.29) is 5.91 Å². The van der Waals surface area contributed by atoms with Crippen LogP contribution in [0.25, 0.3) is 10.9 Å². The monoisotopic (exact) mass is 282 g/mol. The number of aromatic nitrogens is 1. The smallest absolute Gasteiger partial charge is 0.254 e. The molecule has 5 heteroatoms. The molecule has 0 fully saturated rings. The molecule has 21 heavy (non-hydrogen) atoms. The molecule has 0 aliphatic carbocycles. The van der Waals surface area contributed by atoms with Gasteiger partial charge in [-0.25, -0.2) is 4.98 Å². The molecule has 0 radical (unpaired) electrons. The number of rotatable bonds is 5. The number of carbonyl (C=O) groups is 1. The van der Waals surface area contributed by atoms with Crippen LogP contribution in [0.3, 0.4) is 0 Å². The van der Waals surface area contributed by atoms with Gasteiger partial charge in [0.25, 0.3) is 5.91 Å². The molecule has 0 unspecified atom stereocenters. The fourth-order valence-electron chi connectivity index (χ4n) is 2.15. The van der Waals surface area contributed by atoms with E-state index >= 15 is 0 Å². The molecule has 0 aliphatic rings. The first-order valence-corrected chi connectivity index (χ1v) is 6.93. The zero-order chi connectivity index (χ0) is 15.2. The lowest BCUT2D eigenvalue weighted by Gasteiger charge is -2.17. The lowest BCUT2D eigenvalue weighted by atomic mass is 10.1. The topological polar surface area (TPSA) is 69.0 Å². The highest BCUT2D eigenvalue weighted by atomic mass is 16.2. The molecule has 0 saturated heterocycles. The van der Waals surface area contributed by atoms with E-state index < -0.39 is 0 Å². The molecule has 0 bridgehead atoms. The predicted molar refractivity (Wildman–Crippen MR) is 83.1 cm³/mol. The summed E-state index contributed by atoms with van der Waals surface area (Å²) in [6.45, 7) is 3.14. The predicted octanol–water partition coefficient (Wildman–Crippen LogP) is 2.65. The number of hydrogen-bond acceptors (Lipinski definition) is 4. The van der Waals surface area contributed by atoms with Crippen LogP contribution in [0.2, 0.25) is 0 Å². The second-order valence-electron chi connectivity index (χ2n) is 4.74. The number of nitriles is 1. The summed E-state index contributed by atoms with van der Waals surface area (Å²) in [5.74, 6) is 0.594. The summed E-state index contributed by atoms with van der Waals surface area (Å²) in [7, 11) is 1.71.